The summed E-state index contributed by atoms with van der Waals surface area (Å²) in [5.41, 5.74) is 0.254. The lowest BCUT2D eigenvalue weighted by atomic mass is 9.74. The van der Waals surface area contributed by atoms with Gasteiger partial charge in [0, 0.05) is 50.0 Å². The number of nitrogens with zero attached hydrogens (tertiary/aromatic N) is 4. The molecule has 2 fully saturated rings. The lowest BCUT2D eigenvalue weighted by molar-refractivity contribution is -0.136. The monoisotopic (exact) mass is 434 g/mol. The van der Waals surface area contributed by atoms with Gasteiger partial charge in [0.05, 0.1) is 12.9 Å². The fourth-order valence-corrected chi connectivity index (χ4v) is 5.40. The molecule has 1 aromatic carbocycles. The molecular weight excluding hydrogens is 408 g/mol. The molecule has 2 aliphatic heterocycles. The van der Waals surface area contributed by atoms with Crippen LogP contribution in [0, 0.1) is 11.3 Å². The molecule has 3 heterocycles. The number of amides is 1. The number of fused-ring (bicyclic) bond motifs is 1. The standard InChI is InChI=1S/C20H26N4O5S/c1-30(27,28)24-11-16-9-10-23(12-20(16,13-24)14-25)18(26)8-7-17-21-19(22-29-17)15-5-3-2-4-6-15/h2-6,16,25H,7-14H2,1H3/t16-,20+/m1/s1. The lowest BCUT2D eigenvalue weighted by Gasteiger charge is -2.43. The Morgan fingerprint density at radius 3 is 2.77 bits per heavy atom. The zero-order valence-electron chi connectivity index (χ0n) is 16.9. The van der Waals surface area contributed by atoms with E-state index >= 15 is 0 Å². The van der Waals surface area contributed by atoms with Gasteiger partial charge in [-0.05, 0) is 12.3 Å². The number of carbonyl (C=O) groups is 1. The fourth-order valence-electron chi connectivity index (χ4n) is 4.46. The van der Waals surface area contributed by atoms with Crippen LogP contribution in [0.15, 0.2) is 34.9 Å². The molecule has 0 bridgehead atoms. The van der Waals surface area contributed by atoms with Gasteiger partial charge < -0.3 is 14.5 Å². The maximum atomic E-state index is 12.8. The first-order valence-electron chi connectivity index (χ1n) is 10.0. The molecule has 0 radical (unpaired) electrons. The van der Waals surface area contributed by atoms with Gasteiger partial charge in [0.15, 0.2) is 0 Å². The Labute approximate surface area is 175 Å². The molecule has 2 aromatic rings. The molecule has 162 valence electrons. The predicted octanol–water partition coefficient (Wildman–Crippen LogP) is 0.772. The Balaban J connectivity index is 1.37. The number of aliphatic hydroxyl groups is 1. The molecule has 2 aliphatic rings. The molecule has 1 aromatic heterocycles. The van der Waals surface area contributed by atoms with Crippen molar-refractivity contribution in [3.63, 3.8) is 0 Å². The number of sulfonamides is 1. The summed E-state index contributed by atoms with van der Waals surface area (Å²) in [5, 5.41) is 14.0. The van der Waals surface area contributed by atoms with Crippen LogP contribution >= 0.6 is 0 Å². The Bertz CT molecular complexity index is 1010. The number of aliphatic hydroxyl groups excluding tert-OH is 1. The molecule has 10 heteroatoms. The fraction of sp³-hybridized carbons (Fsp3) is 0.550. The largest absolute Gasteiger partial charge is 0.396 e. The molecule has 4 rings (SSSR count). The van der Waals surface area contributed by atoms with Gasteiger partial charge in [-0.3, -0.25) is 4.79 Å². The highest BCUT2D eigenvalue weighted by Crippen LogP contribution is 2.42. The second-order valence-electron chi connectivity index (χ2n) is 8.25. The Morgan fingerprint density at radius 1 is 1.30 bits per heavy atom. The number of aryl methyl sites for hydroxylation is 1. The smallest absolute Gasteiger partial charge is 0.227 e. The quantitative estimate of drug-likeness (QED) is 0.714. The number of hydrogen-bond acceptors (Lipinski definition) is 7. The van der Waals surface area contributed by atoms with Crippen molar-refractivity contribution in [2.24, 2.45) is 11.3 Å². The van der Waals surface area contributed by atoms with Crippen molar-refractivity contribution in [1.29, 1.82) is 0 Å². The molecule has 1 amide bonds. The molecular formula is C20H26N4O5S. The van der Waals surface area contributed by atoms with E-state index in [0.29, 0.717) is 44.2 Å². The number of piperidine rings is 1. The van der Waals surface area contributed by atoms with Crippen LogP contribution in [0.2, 0.25) is 0 Å². The molecule has 1 N–H and O–H groups in total. The van der Waals surface area contributed by atoms with E-state index in [1.807, 2.05) is 30.3 Å². The van der Waals surface area contributed by atoms with Crippen LogP contribution in [0.25, 0.3) is 11.4 Å². The summed E-state index contributed by atoms with van der Waals surface area (Å²) in [5.74, 6) is 0.896. The molecule has 2 saturated heterocycles. The average molecular weight is 435 g/mol. The third-order valence-corrected chi connectivity index (χ3v) is 7.44. The van der Waals surface area contributed by atoms with E-state index in [1.54, 1.807) is 4.90 Å². The van der Waals surface area contributed by atoms with E-state index in [4.69, 9.17) is 4.52 Å². The van der Waals surface area contributed by atoms with Crippen molar-refractivity contribution >= 4 is 15.9 Å². The van der Waals surface area contributed by atoms with E-state index < -0.39 is 15.4 Å². The molecule has 2 atom stereocenters. The van der Waals surface area contributed by atoms with Gasteiger partial charge in [0.1, 0.15) is 0 Å². The van der Waals surface area contributed by atoms with Crippen LogP contribution in [0.1, 0.15) is 18.7 Å². The third-order valence-electron chi connectivity index (χ3n) is 6.22. The SMILES string of the molecule is CS(=O)(=O)N1C[C@H]2CCN(C(=O)CCc3nc(-c4ccccc4)no3)C[C@@]2(CO)C1. The summed E-state index contributed by atoms with van der Waals surface area (Å²) in [6.45, 7) is 1.43. The van der Waals surface area contributed by atoms with Crippen molar-refractivity contribution < 1.29 is 22.8 Å². The van der Waals surface area contributed by atoms with Crippen molar-refractivity contribution in [1.82, 2.24) is 19.3 Å². The van der Waals surface area contributed by atoms with Crippen LogP contribution in [0.4, 0.5) is 0 Å². The lowest BCUT2D eigenvalue weighted by Crippen LogP contribution is -2.52. The van der Waals surface area contributed by atoms with Gasteiger partial charge in [0.25, 0.3) is 0 Å². The molecule has 9 nitrogen and oxygen atoms in total. The van der Waals surface area contributed by atoms with Gasteiger partial charge in [-0.2, -0.15) is 4.98 Å². The minimum Gasteiger partial charge on any atom is -0.396 e. The van der Waals surface area contributed by atoms with Crippen molar-refractivity contribution in [3.05, 3.63) is 36.2 Å². The van der Waals surface area contributed by atoms with Crippen LogP contribution in [-0.2, 0) is 21.2 Å². The van der Waals surface area contributed by atoms with Crippen LogP contribution < -0.4 is 0 Å². The highest BCUT2D eigenvalue weighted by atomic mass is 32.2. The Hall–Kier alpha value is -2.30. The minimum atomic E-state index is -3.32. The number of hydrogen-bond donors (Lipinski definition) is 1. The summed E-state index contributed by atoms with van der Waals surface area (Å²) in [6, 6.07) is 9.47. The van der Waals surface area contributed by atoms with Crippen molar-refractivity contribution in [3.8, 4) is 11.4 Å². The second-order valence-corrected chi connectivity index (χ2v) is 10.2. The highest BCUT2D eigenvalue weighted by molar-refractivity contribution is 7.88. The van der Waals surface area contributed by atoms with E-state index in [1.165, 1.54) is 10.6 Å². The maximum absolute atomic E-state index is 12.8. The van der Waals surface area contributed by atoms with Gasteiger partial charge in [-0.15, -0.1) is 0 Å². The van der Waals surface area contributed by atoms with Crippen molar-refractivity contribution in [2.75, 3.05) is 39.0 Å². The topological polar surface area (TPSA) is 117 Å². The van der Waals surface area contributed by atoms with Gasteiger partial charge in [-0.1, -0.05) is 35.5 Å². The molecule has 0 unspecified atom stereocenters. The van der Waals surface area contributed by atoms with E-state index in [-0.39, 0.29) is 31.4 Å². The second kappa shape index (κ2) is 8.09. The Kier molecular flexibility index (Phi) is 5.65. The highest BCUT2D eigenvalue weighted by Gasteiger charge is 2.52. The van der Waals surface area contributed by atoms with E-state index in [0.717, 1.165) is 5.56 Å². The summed E-state index contributed by atoms with van der Waals surface area (Å²) < 4.78 is 30.6. The first kappa shape index (κ1) is 21.0. The number of carbonyl (C=O) groups excluding carboxylic acids is 1. The van der Waals surface area contributed by atoms with Crippen LogP contribution in [0.3, 0.4) is 0 Å². The van der Waals surface area contributed by atoms with E-state index in [9.17, 15) is 18.3 Å². The molecule has 0 saturated carbocycles. The maximum Gasteiger partial charge on any atom is 0.227 e. The van der Waals surface area contributed by atoms with Crippen molar-refractivity contribution in [2.45, 2.75) is 19.3 Å². The first-order valence-corrected chi connectivity index (χ1v) is 11.9. The number of aromatic nitrogens is 2. The van der Waals surface area contributed by atoms with Gasteiger partial charge >= 0.3 is 0 Å². The third kappa shape index (κ3) is 4.12. The Morgan fingerprint density at radius 2 is 2.07 bits per heavy atom. The van der Waals surface area contributed by atoms with Gasteiger partial charge in [0.2, 0.25) is 27.6 Å². The van der Waals surface area contributed by atoms with Crippen LogP contribution in [-0.4, -0.2) is 77.8 Å². The zero-order chi connectivity index (χ0) is 21.4. The number of rotatable bonds is 6. The normalized spacial score (nSPS) is 24.7. The zero-order valence-corrected chi connectivity index (χ0v) is 17.7. The number of benzene rings is 1. The summed E-state index contributed by atoms with van der Waals surface area (Å²) in [7, 11) is -3.32. The van der Waals surface area contributed by atoms with Gasteiger partial charge in [-0.25, -0.2) is 12.7 Å². The average Bonchev–Trinajstić information content (AvgIpc) is 3.37. The van der Waals surface area contributed by atoms with E-state index in [2.05, 4.69) is 10.1 Å². The molecule has 0 aliphatic carbocycles. The number of likely N-dealkylation sites (tertiary alicyclic amines) is 1. The minimum absolute atomic E-state index is 0.0569. The molecule has 30 heavy (non-hydrogen) atoms. The predicted molar refractivity (Wildman–Crippen MR) is 109 cm³/mol. The first-order chi connectivity index (χ1) is 14.3. The summed E-state index contributed by atoms with van der Waals surface area (Å²) in [4.78, 5) is 18.9. The van der Waals surface area contributed by atoms with Crippen LogP contribution in [0.5, 0.6) is 0 Å². The summed E-state index contributed by atoms with van der Waals surface area (Å²) in [6.07, 6.45) is 2.42. The molecule has 0 spiro atoms. The summed E-state index contributed by atoms with van der Waals surface area (Å²) >= 11 is 0.